The molecule has 1 aromatic carbocycles. The fourth-order valence-corrected chi connectivity index (χ4v) is 2.70. The van der Waals surface area contributed by atoms with Crippen LogP contribution in [0.5, 0.6) is 0 Å². The zero-order valence-corrected chi connectivity index (χ0v) is 10.2. The van der Waals surface area contributed by atoms with Gasteiger partial charge in [0, 0.05) is 18.6 Å². The van der Waals surface area contributed by atoms with Crippen molar-refractivity contribution in [1.82, 2.24) is 5.32 Å². The summed E-state index contributed by atoms with van der Waals surface area (Å²) in [4.78, 5) is 0. The molecule has 1 saturated heterocycles. The van der Waals surface area contributed by atoms with Gasteiger partial charge in [0.25, 0.3) is 0 Å². The van der Waals surface area contributed by atoms with E-state index in [0.29, 0.717) is 18.6 Å². The number of hydrogen-bond donors (Lipinski definition) is 2. The minimum atomic E-state index is 0.519. The Morgan fingerprint density at radius 1 is 1.19 bits per heavy atom. The summed E-state index contributed by atoms with van der Waals surface area (Å²) >= 11 is 0. The molecule has 1 fully saturated rings. The van der Waals surface area contributed by atoms with Crippen LogP contribution in [0.15, 0.2) is 24.3 Å². The maximum atomic E-state index is 5.61. The van der Waals surface area contributed by atoms with Crippen molar-refractivity contribution in [3.8, 4) is 0 Å². The molecule has 3 N–H and O–H groups in total. The SMILES string of the molecule is CC1CC(C)NC(c2ccc(CN)cc2)C1. The second-order valence-electron chi connectivity index (χ2n) is 5.14. The van der Waals surface area contributed by atoms with Gasteiger partial charge in [0.2, 0.25) is 0 Å². The Balaban J connectivity index is 2.10. The summed E-state index contributed by atoms with van der Waals surface area (Å²) in [6, 6.07) is 9.85. The molecule has 0 bridgehead atoms. The molecule has 1 heterocycles. The lowest BCUT2D eigenvalue weighted by atomic mass is 9.86. The van der Waals surface area contributed by atoms with Crippen molar-refractivity contribution in [2.24, 2.45) is 11.7 Å². The van der Waals surface area contributed by atoms with E-state index in [-0.39, 0.29) is 0 Å². The van der Waals surface area contributed by atoms with Gasteiger partial charge < -0.3 is 11.1 Å². The van der Waals surface area contributed by atoms with Gasteiger partial charge in [0.1, 0.15) is 0 Å². The first kappa shape index (κ1) is 11.6. The lowest BCUT2D eigenvalue weighted by molar-refractivity contribution is 0.269. The van der Waals surface area contributed by atoms with E-state index >= 15 is 0 Å². The molecule has 3 atom stereocenters. The Morgan fingerprint density at radius 3 is 2.44 bits per heavy atom. The molecule has 16 heavy (non-hydrogen) atoms. The zero-order valence-electron chi connectivity index (χ0n) is 10.2. The average Bonchev–Trinajstić information content (AvgIpc) is 2.28. The molecular formula is C14H22N2. The molecule has 0 saturated carbocycles. The molecule has 3 unspecified atom stereocenters. The van der Waals surface area contributed by atoms with Crippen LogP contribution < -0.4 is 11.1 Å². The van der Waals surface area contributed by atoms with Gasteiger partial charge in [-0.2, -0.15) is 0 Å². The van der Waals surface area contributed by atoms with Gasteiger partial charge in [0.15, 0.2) is 0 Å². The van der Waals surface area contributed by atoms with E-state index in [1.165, 1.54) is 24.0 Å². The van der Waals surface area contributed by atoms with Gasteiger partial charge in [-0.3, -0.25) is 0 Å². The minimum absolute atomic E-state index is 0.519. The van der Waals surface area contributed by atoms with Gasteiger partial charge in [0.05, 0.1) is 0 Å². The normalized spacial score (nSPS) is 30.3. The highest BCUT2D eigenvalue weighted by Crippen LogP contribution is 2.29. The van der Waals surface area contributed by atoms with Crippen LogP contribution in [0, 0.1) is 5.92 Å². The van der Waals surface area contributed by atoms with E-state index in [1.54, 1.807) is 0 Å². The highest BCUT2D eigenvalue weighted by molar-refractivity contribution is 5.25. The van der Waals surface area contributed by atoms with Crippen LogP contribution in [0.4, 0.5) is 0 Å². The van der Waals surface area contributed by atoms with Crippen LogP contribution in [-0.2, 0) is 6.54 Å². The second kappa shape index (κ2) is 4.98. The van der Waals surface area contributed by atoms with Gasteiger partial charge in [-0.05, 0) is 36.8 Å². The predicted octanol–water partition coefficient (Wildman–Crippen LogP) is 2.59. The monoisotopic (exact) mass is 218 g/mol. The highest BCUT2D eigenvalue weighted by Gasteiger charge is 2.23. The van der Waals surface area contributed by atoms with E-state index in [4.69, 9.17) is 5.73 Å². The van der Waals surface area contributed by atoms with Gasteiger partial charge in [-0.15, -0.1) is 0 Å². The fraction of sp³-hybridized carbons (Fsp3) is 0.571. The number of nitrogens with one attached hydrogen (secondary N) is 1. The van der Waals surface area contributed by atoms with Gasteiger partial charge in [-0.25, -0.2) is 0 Å². The summed E-state index contributed by atoms with van der Waals surface area (Å²) in [7, 11) is 0. The topological polar surface area (TPSA) is 38.0 Å². The Bertz CT molecular complexity index is 321. The molecule has 2 nitrogen and oxygen atoms in total. The average molecular weight is 218 g/mol. The Morgan fingerprint density at radius 2 is 1.88 bits per heavy atom. The molecule has 1 aliphatic rings. The van der Waals surface area contributed by atoms with Crippen molar-refractivity contribution >= 4 is 0 Å². The summed E-state index contributed by atoms with van der Waals surface area (Å²) < 4.78 is 0. The van der Waals surface area contributed by atoms with E-state index in [2.05, 4.69) is 43.4 Å². The van der Waals surface area contributed by atoms with Crippen LogP contribution in [0.1, 0.15) is 43.9 Å². The van der Waals surface area contributed by atoms with Crippen molar-refractivity contribution in [1.29, 1.82) is 0 Å². The lowest BCUT2D eigenvalue weighted by Crippen LogP contribution is -2.37. The number of nitrogens with two attached hydrogens (primary N) is 1. The summed E-state index contributed by atoms with van der Waals surface area (Å²) in [5.74, 6) is 0.815. The molecule has 0 amide bonds. The third-order valence-corrected chi connectivity index (χ3v) is 3.50. The van der Waals surface area contributed by atoms with E-state index < -0.39 is 0 Å². The van der Waals surface area contributed by atoms with Gasteiger partial charge in [-0.1, -0.05) is 31.2 Å². The third kappa shape index (κ3) is 2.63. The molecule has 0 radical (unpaired) electrons. The molecule has 88 valence electrons. The summed E-state index contributed by atoms with van der Waals surface area (Å²) in [5, 5.41) is 3.67. The molecule has 2 heteroatoms. The maximum absolute atomic E-state index is 5.61. The molecular weight excluding hydrogens is 196 g/mol. The summed E-state index contributed by atoms with van der Waals surface area (Å²) in [6.07, 6.45) is 2.53. The fourth-order valence-electron chi connectivity index (χ4n) is 2.70. The van der Waals surface area contributed by atoms with Crippen LogP contribution in [0.2, 0.25) is 0 Å². The lowest BCUT2D eigenvalue weighted by Gasteiger charge is -2.33. The predicted molar refractivity (Wildman–Crippen MR) is 68.1 cm³/mol. The van der Waals surface area contributed by atoms with Crippen LogP contribution >= 0.6 is 0 Å². The van der Waals surface area contributed by atoms with Crippen molar-refractivity contribution < 1.29 is 0 Å². The largest absolute Gasteiger partial charge is 0.326 e. The number of rotatable bonds is 2. The number of benzene rings is 1. The molecule has 2 rings (SSSR count). The molecule has 0 aliphatic carbocycles. The van der Waals surface area contributed by atoms with Crippen LogP contribution in [0.3, 0.4) is 0 Å². The van der Waals surface area contributed by atoms with Crippen molar-refractivity contribution in [3.05, 3.63) is 35.4 Å². The van der Waals surface area contributed by atoms with E-state index in [0.717, 1.165) is 5.92 Å². The molecule has 1 aromatic rings. The first-order valence-electron chi connectivity index (χ1n) is 6.24. The summed E-state index contributed by atoms with van der Waals surface area (Å²) in [5.41, 5.74) is 8.21. The Kier molecular flexibility index (Phi) is 3.62. The summed E-state index contributed by atoms with van der Waals surface area (Å²) in [6.45, 7) is 5.25. The molecule has 1 aliphatic heterocycles. The molecule has 0 aromatic heterocycles. The van der Waals surface area contributed by atoms with Crippen molar-refractivity contribution in [3.63, 3.8) is 0 Å². The highest BCUT2D eigenvalue weighted by atomic mass is 15.0. The number of piperidine rings is 1. The Labute approximate surface area is 98.2 Å². The first-order chi connectivity index (χ1) is 7.69. The zero-order chi connectivity index (χ0) is 11.5. The number of hydrogen-bond acceptors (Lipinski definition) is 2. The molecule has 0 spiro atoms. The van der Waals surface area contributed by atoms with Crippen molar-refractivity contribution in [2.45, 2.75) is 45.3 Å². The van der Waals surface area contributed by atoms with Gasteiger partial charge >= 0.3 is 0 Å². The smallest absolute Gasteiger partial charge is 0.0325 e. The van der Waals surface area contributed by atoms with Crippen LogP contribution in [-0.4, -0.2) is 6.04 Å². The van der Waals surface area contributed by atoms with Crippen LogP contribution in [0.25, 0.3) is 0 Å². The van der Waals surface area contributed by atoms with E-state index in [1.807, 2.05) is 0 Å². The van der Waals surface area contributed by atoms with Crippen molar-refractivity contribution in [2.75, 3.05) is 0 Å². The maximum Gasteiger partial charge on any atom is 0.0325 e. The quantitative estimate of drug-likeness (QED) is 0.800. The third-order valence-electron chi connectivity index (χ3n) is 3.50. The standard InChI is InChI=1S/C14H22N2/c1-10-7-11(2)16-14(8-10)13-5-3-12(9-15)4-6-13/h3-6,10-11,14,16H,7-9,15H2,1-2H3. The second-order valence-corrected chi connectivity index (χ2v) is 5.14. The Hall–Kier alpha value is -0.860. The minimum Gasteiger partial charge on any atom is -0.326 e. The first-order valence-corrected chi connectivity index (χ1v) is 6.24. The van der Waals surface area contributed by atoms with E-state index in [9.17, 15) is 0 Å².